The van der Waals surface area contributed by atoms with Gasteiger partial charge in [-0.25, -0.2) is 26.5 Å². The molecule has 6 nitrogen and oxygen atoms in total. The van der Waals surface area contributed by atoms with E-state index in [1.807, 2.05) is 0 Å². The zero-order valence-corrected chi connectivity index (χ0v) is 16.6. The van der Waals surface area contributed by atoms with Crippen molar-refractivity contribution in [3.05, 3.63) is 45.9 Å². The summed E-state index contributed by atoms with van der Waals surface area (Å²) in [5.74, 6) is -2.29. The topological polar surface area (TPSA) is 72.3 Å². The average Bonchev–Trinajstić information content (AvgIpc) is 3.01. The molecule has 0 fully saturated rings. The monoisotopic (exact) mass is 453 g/mol. The number of halogens is 5. The fraction of sp³-hybridized carbons (Fsp3) is 0.250. The molecule has 0 unspecified atom stereocenters. The van der Waals surface area contributed by atoms with Crippen LogP contribution < -0.4 is 9.86 Å². The van der Waals surface area contributed by atoms with Gasteiger partial charge in [0.05, 0.1) is 16.5 Å². The molecule has 1 aromatic carbocycles. The summed E-state index contributed by atoms with van der Waals surface area (Å²) < 4.78 is 92.1. The van der Waals surface area contributed by atoms with E-state index in [1.165, 1.54) is 0 Å². The Morgan fingerprint density at radius 3 is 2.34 bits per heavy atom. The second-order valence-corrected chi connectivity index (χ2v) is 9.11. The highest BCUT2D eigenvalue weighted by Crippen LogP contribution is 2.39. The molecule has 3 aromatic rings. The molecule has 0 amide bonds. The lowest BCUT2D eigenvalue weighted by atomic mass is 10.1. The van der Waals surface area contributed by atoms with Crippen LogP contribution in [0.15, 0.2) is 23.0 Å². The van der Waals surface area contributed by atoms with Crippen LogP contribution >= 0.6 is 11.3 Å². The van der Waals surface area contributed by atoms with Crippen LogP contribution in [0.1, 0.15) is 5.69 Å². The number of hydrogen-bond donors (Lipinski definition) is 0. The lowest BCUT2D eigenvalue weighted by molar-refractivity contribution is -0.143. The van der Waals surface area contributed by atoms with Gasteiger partial charge in [0.1, 0.15) is 17.0 Å². The summed E-state index contributed by atoms with van der Waals surface area (Å²) in [7, 11) is -1.74. The molecule has 0 aliphatic carbocycles. The van der Waals surface area contributed by atoms with Crippen molar-refractivity contribution in [2.75, 3.05) is 17.6 Å². The summed E-state index contributed by atoms with van der Waals surface area (Å²) in [6.07, 6.45) is -3.93. The normalized spacial score (nSPS) is 12.6. The summed E-state index contributed by atoms with van der Waals surface area (Å²) in [6, 6.07) is 1.84. The van der Waals surface area contributed by atoms with E-state index in [2.05, 4.69) is 4.98 Å². The number of hydrogen-bond acceptors (Lipinski definition) is 5. The number of aromatic nitrogens is 2. The molecule has 0 aliphatic rings. The largest absolute Gasteiger partial charge is 0.431 e. The predicted octanol–water partition coefficient (Wildman–Crippen LogP) is 3.35. The third kappa shape index (κ3) is 3.59. The number of sulfonamides is 1. The first-order valence-corrected chi connectivity index (χ1v) is 10.4. The fourth-order valence-corrected chi connectivity index (χ4v) is 4.48. The van der Waals surface area contributed by atoms with Crippen LogP contribution in [0.3, 0.4) is 0 Å². The summed E-state index contributed by atoms with van der Waals surface area (Å²) in [6.45, 7) is 0. The Hall–Kier alpha value is -2.54. The zero-order valence-electron chi connectivity index (χ0n) is 15.0. The molecule has 0 N–H and O–H groups in total. The van der Waals surface area contributed by atoms with E-state index >= 15 is 0 Å². The van der Waals surface area contributed by atoms with Crippen molar-refractivity contribution in [1.82, 2.24) is 9.55 Å². The number of anilines is 1. The standard InChI is InChI=1S/C16H12F5N3O3S2/c1-23-10(16(19,20)21)5-4-7(14(23)25)11-8(17)6-9(18)12-13(11)28-15(22-12)24(2)29(3,26)27/h4-6H,1-3H3. The zero-order chi connectivity index (χ0) is 21.9. The van der Waals surface area contributed by atoms with Gasteiger partial charge >= 0.3 is 6.18 Å². The van der Waals surface area contributed by atoms with Gasteiger partial charge in [0, 0.05) is 25.7 Å². The SMILES string of the molecule is CN(c1nc2c(F)cc(F)c(-c3ccc(C(F)(F)F)n(C)c3=O)c2s1)S(C)(=O)=O. The van der Waals surface area contributed by atoms with Crippen molar-refractivity contribution in [1.29, 1.82) is 0 Å². The number of alkyl halides is 3. The summed E-state index contributed by atoms with van der Waals surface area (Å²) in [4.78, 5) is 16.3. The van der Waals surface area contributed by atoms with Gasteiger partial charge in [-0.3, -0.25) is 4.79 Å². The van der Waals surface area contributed by atoms with Crippen LogP contribution in [0.25, 0.3) is 21.3 Å². The van der Waals surface area contributed by atoms with Crippen molar-refractivity contribution in [2.24, 2.45) is 7.05 Å². The molecule has 156 valence electrons. The van der Waals surface area contributed by atoms with Gasteiger partial charge in [-0.15, -0.1) is 0 Å². The number of thiazole rings is 1. The third-order valence-corrected chi connectivity index (χ3v) is 6.63. The van der Waals surface area contributed by atoms with Gasteiger partial charge in [-0.05, 0) is 12.1 Å². The number of fused-ring (bicyclic) bond motifs is 1. The highest BCUT2D eigenvalue weighted by atomic mass is 32.2. The molecule has 0 saturated carbocycles. The number of pyridine rings is 1. The van der Waals surface area contributed by atoms with Crippen molar-refractivity contribution in [2.45, 2.75) is 6.18 Å². The summed E-state index contributed by atoms with van der Waals surface area (Å²) in [5, 5.41) is -0.197. The number of benzene rings is 1. The van der Waals surface area contributed by atoms with Crippen LogP contribution in [-0.4, -0.2) is 31.3 Å². The van der Waals surface area contributed by atoms with Gasteiger partial charge in [0.2, 0.25) is 10.0 Å². The van der Waals surface area contributed by atoms with E-state index in [1.54, 1.807) is 0 Å². The Balaban J connectivity index is 2.35. The molecule has 0 bridgehead atoms. The molecule has 0 atom stereocenters. The first-order valence-electron chi connectivity index (χ1n) is 7.73. The Morgan fingerprint density at radius 1 is 1.17 bits per heavy atom. The van der Waals surface area contributed by atoms with Crippen molar-refractivity contribution >= 4 is 36.7 Å². The quantitative estimate of drug-likeness (QED) is 0.571. The average molecular weight is 453 g/mol. The first-order chi connectivity index (χ1) is 13.2. The van der Waals surface area contributed by atoms with E-state index in [-0.39, 0.29) is 9.83 Å². The Bertz CT molecular complexity index is 1300. The number of nitrogens with zero attached hydrogens (tertiary/aromatic N) is 3. The van der Waals surface area contributed by atoms with Crippen LogP contribution in [0.4, 0.5) is 27.1 Å². The van der Waals surface area contributed by atoms with Gasteiger partial charge < -0.3 is 4.57 Å². The summed E-state index contributed by atoms with van der Waals surface area (Å²) >= 11 is 0.592. The smallest absolute Gasteiger partial charge is 0.307 e. The van der Waals surface area contributed by atoms with Crippen LogP contribution in [0.5, 0.6) is 0 Å². The molecule has 0 radical (unpaired) electrons. The molecule has 2 heterocycles. The molecular formula is C16H12F5N3O3S2. The van der Waals surface area contributed by atoms with Crippen LogP contribution in [0, 0.1) is 11.6 Å². The molecular weight excluding hydrogens is 441 g/mol. The van der Waals surface area contributed by atoms with Gasteiger partial charge in [0.15, 0.2) is 10.9 Å². The Kier molecular flexibility index (Phi) is 4.94. The maximum atomic E-state index is 14.6. The molecule has 0 saturated heterocycles. The lowest BCUT2D eigenvalue weighted by Gasteiger charge is -2.13. The van der Waals surface area contributed by atoms with Crippen LogP contribution in [0.2, 0.25) is 0 Å². The predicted molar refractivity (Wildman–Crippen MR) is 98.5 cm³/mol. The van der Waals surface area contributed by atoms with Crippen molar-refractivity contribution in [3.63, 3.8) is 0 Å². The van der Waals surface area contributed by atoms with Gasteiger partial charge in [0.25, 0.3) is 5.56 Å². The van der Waals surface area contributed by atoms with Gasteiger partial charge in [-0.2, -0.15) is 13.2 Å². The first kappa shape index (κ1) is 21.2. The van der Waals surface area contributed by atoms with E-state index < -0.39 is 55.7 Å². The number of rotatable bonds is 3. The minimum atomic E-state index is -4.81. The van der Waals surface area contributed by atoms with E-state index in [0.29, 0.717) is 28.0 Å². The Morgan fingerprint density at radius 2 is 1.79 bits per heavy atom. The molecule has 13 heteroatoms. The minimum absolute atomic E-state index is 0.197. The second kappa shape index (κ2) is 6.76. The van der Waals surface area contributed by atoms with Crippen LogP contribution in [-0.2, 0) is 23.2 Å². The Labute approximate surface area is 164 Å². The van der Waals surface area contributed by atoms with Crippen molar-refractivity contribution in [3.8, 4) is 11.1 Å². The third-order valence-electron chi connectivity index (χ3n) is 4.19. The second-order valence-electron chi connectivity index (χ2n) is 6.11. The van der Waals surface area contributed by atoms with Crippen molar-refractivity contribution < 1.29 is 30.4 Å². The van der Waals surface area contributed by atoms with E-state index in [0.717, 1.165) is 30.7 Å². The summed E-state index contributed by atoms with van der Waals surface area (Å²) in [5.41, 5.74) is -3.70. The molecule has 2 aromatic heterocycles. The molecule has 29 heavy (non-hydrogen) atoms. The fourth-order valence-electron chi connectivity index (χ4n) is 2.64. The minimum Gasteiger partial charge on any atom is -0.307 e. The van der Waals surface area contributed by atoms with E-state index in [4.69, 9.17) is 0 Å². The lowest BCUT2D eigenvalue weighted by Crippen LogP contribution is -2.26. The van der Waals surface area contributed by atoms with Gasteiger partial charge in [-0.1, -0.05) is 11.3 Å². The molecule has 3 rings (SSSR count). The highest BCUT2D eigenvalue weighted by Gasteiger charge is 2.34. The molecule has 0 aliphatic heterocycles. The van der Waals surface area contributed by atoms with E-state index in [9.17, 15) is 35.2 Å². The maximum Gasteiger partial charge on any atom is 0.431 e. The maximum absolute atomic E-state index is 14.6. The highest BCUT2D eigenvalue weighted by molar-refractivity contribution is 7.92. The molecule has 0 spiro atoms.